The van der Waals surface area contributed by atoms with E-state index in [2.05, 4.69) is 15.3 Å². The van der Waals surface area contributed by atoms with Gasteiger partial charge in [-0.05, 0) is 12.1 Å². The number of aldehydes is 1. The van der Waals surface area contributed by atoms with E-state index in [9.17, 15) is 4.79 Å². The van der Waals surface area contributed by atoms with Crippen LogP contribution in [0.2, 0.25) is 0 Å². The minimum atomic E-state index is 0.545. The summed E-state index contributed by atoms with van der Waals surface area (Å²) in [5.74, 6) is 0.642. The summed E-state index contributed by atoms with van der Waals surface area (Å²) >= 11 is 0. The lowest BCUT2D eigenvalue weighted by Crippen LogP contribution is -1.98. The van der Waals surface area contributed by atoms with E-state index in [1.807, 2.05) is 0 Å². The molecule has 2 rings (SSSR count). The fraction of sp³-hybridized carbons (Fsp3) is 0. The van der Waals surface area contributed by atoms with Crippen LogP contribution in [0.5, 0.6) is 0 Å². The lowest BCUT2D eigenvalue weighted by molar-refractivity contribution is 0.112. The Bertz CT molecular complexity index is 393. The molecule has 0 aromatic carbocycles. The van der Waals surface area contributed by atoms with Crippen LogP contribution in [0.3, 0.4) is 0 Å². The maximum Gasteiger partial charge on any atom is 0.155 e. The first-order valence-electron chi connectivity index (χ1n) is 3.68. The third-order valence-corrected chi connectivity index (χ3v) is 1.56. The summed E-state index contributed by atoms with van der Waals surface area (Å²) in [4.78, 5) is 14.4. The van der Waals surface area contributed by atoms with Gasteiger partial charge in [-0.1, -0.05) is 5.21 Å². The number of aromatic nitrogens is 4. The van der Waals surface area contributed by atoms with Crippen LogP contribution in [0.1, 0.15) is 10.4 Å². The molecule has 0 spiro atoms. The average molecular weight is 174 g/mol. The highest BCUT2D eigenvalue weighted by Crippen LogP contribution is 2.01. The van der Waals surface area contributed by atoms with Gasteiger partial charge in [0.15, 0.2) is 12.1 Å². The topological polar surface area (TPSA) is 60.7 Å². The Morgan fingerprint density at radius 3 is 2.85 bits per heavy atom. The normalized spacial score (nSPS) is 9.85. The van der Waals surface area contributed by atoms with Gasteiger partial charge in [0.05, 0.1) is 12.4 Å². The molecule has 0 radical (unpaired) electrons. The van der Waals surface area contributed by atoms with Gasteiger partial charge in [0, 0.05) is 11.8 Å². The monoisotopic (exact) mass is 174 g/mol. The van der Waals surface area contributed by atoms with Gasteiger partial charge in [0.25, 0.3) is 0 Å². The Morgan fingerprint density at radius 1 is 1.38 bits per heavy atom. The van der Waals surface area contributed by atoms with Gasteiger partial charge in [-0.2, -0.15) is 0 Å². The molecule has 0 unspecified atom stereocenters. The van der Waals surface area contributed by atoms with E-state index in [-0.39, 0.29) is 0 Å². The number of nitrogens with zero attached hydrogens (tertiary/aromatic N) is 4. The molecule has 0 aliphatic rings. The van der Waals surface area contributed by atoms with Gasteiger partial charge < -0.3 is 0 Å². The molecule has 0 saturated heterocycles. The molecule has 0 aliphatic heterocycles. The quantitative estimate of drug-likeness (QED) is 0.621. The van der Waals surface area contributed by atoms with Crippen LogP contribution in [0.25, 0.3) is 5.82 Å². The minimum absolute atomic E-state index is 0.545. The van der Waals surface area contributed by atoms with Crippen molar-refractivity contribution >= 4 is 6.29 Å². The largest absolute Gasteiger partial charge is 0.298 e. The third-order valence-electron chi connectivity index (χ3n) is 1.56. The van der Waals surface area contributed by atoms with Crippen molar-refractivity contribution in [3.05, 3.63) is 36.3 Å². The highest BCUT2D eigenvalue weighted by Gasteiger charge is 1.97. The van der Waals surface area contributed by atoms with Crippen LogP contribution in [-0.2, 0) is 0 Å². The van der Waals surface area contributed by atoms with Gasteiger partial charge in [0.1, 0.15) is 0 Å². The van der Waals surface area contributed by atoms with Crippen molar-refractivity contribution in [1.82, 2.24) is 20.0 Å². The van der Waals surface area contributed by atoms with Crippen LogP contribution in [-0.4, -0.2) is 26.3 Å². The molecule has 2 aromatic rings. The predicted molar refractivity (Wildman–Crippen MR) is 44.5 cm³/mol. The van der Waals surface area contributed by atoms with Crippen LogP contribution in [0.4, 0.5) is 0 Å². The number of pyridine rings is 1. The highest BCUT2D eigenvalue weighted by atomic mass is 16.1. The van der Waals surface area contributed by atoms with Crippen molar-refractivity contribution in [3.8, 4) is 5.82 Å². The maximum atomic E-state index is 10.3. The van der Waals surface area contributed by atoms with E-state index >= 15 is 0 Å². The second-order valence-electron chi connectivity index (χ2n) is 2.42. The SMILES string of the molecule is O=Cc1ccc(-n2ccnn2)nc1. The summed E-state index contributed by atoms with van der Waals surface area (Å²) in [7, 11) is 0. The highest BCUT2D eigenvalue weighted by molar-refractivity contribution is 5.74. The van der Waals surface area contributed by atoms with E-state index in [1.54, 1.807) is 24.5 Å². The Balaban J connectivity index is 2.38. The standard InChI is InChI=1S/C8H6N4O/c13-6-7-1-2-8(9-5-7)12-4-3-10-11-12/h1-6H. The molecule has 0 fully saturated rings. The van der Waals surface area contributed by atoms with E-state index in [4.69, 9.17) is 0 Å². The van der Waals surface area contributed by atoms with E-state index in [1.165, 1.54) is 10.9 Å². The molecule has 0 N–H and O–H groups in total. The maximum absolute atomic E-state index is 10.3. The van der Waals surface area contributed by atoms with Crippen LogP contribution in [0, 0.1) is 0 Å². The van der Waals surface area contributed by atoms with Gasteiger partial charge in [-0.25, -0.2) is 9.67 Å². The van der Waals surface area contributed by atoms with Crippen molar-refractivity contribution in [3.63, 3.8) is 0 Å². The first kappa shape index (κ1) is 7.60. The molecule has 0 bridgehead atoms. The molecular weight excluding hydrogens is 168 g/mol. The molecule has 0 amide bonds. The number of hydrogen-bond donors (Lipinski definition) is 0. The Labute approximate surface area is 74.0 Å². The molecule has 13 heavy (non-hydrogen) atoms. The number of hydrogen-bond acceptors (Lipinski definition) is 4. The summed E-state index contributed by atoms with van der Waals surface area (Å²) in [6, 6.07) is 3.38. The zero-order chi connectivity index (χ0) is 9.10. The Hall–Kier alpha value is -2.04. The van der Waals surface area contributed by atoms with E-state index < -0.39 is 0 Å². The molecular formula is C8H6N4O. The predicted octanol–water partition coefficient (Wildman–Crippen LogP) is 0.475. The number of carbonyl (C=O) groups excluding carboxylic acids is 1. The molecule has 5 heteroatoms. The zero-order valence-electron chi connectivity index (χ0n) is 6.66. The zero-order valence-corrected chi connectivity index (χ0v) is 6.66. The number of carbonyl (C=O) groups is 1. The fourth-order valence-electron chi connectivity index (χ4n) is 0.933. The fourth-order valence-corrected chi connectivity index (χ4v) is 0.933. The summed E-state index contributed by atoms with van der Waals surface area (Å²) < 4.78 is 1.52. The third kappa shape index (κ3) is 1.44. The summed E-state index contributed by atoms with van der Waals surface area (Å²) in [5.41, 5.74) is 0.545. The number of rotatable bonds is 2. The van der Waals surface area contributed by atoms with Gasteiger partial charge in [-0.3, -0.25) is 4.79 Å². The Kier molecular flexibility index (Phi) is 1.84. The van der Waals surface area contributed by atoms with Crippen LogP contribution in [0.15, 0.2) is 30.7 Å². The molecule has 2 heterocycles. The minimum Gasteiger partial charge on any atom is -0.298 e. The van der Waals surface area contributed by atoms with Gasteiger partial charge in [-0.15, -0.1) is 5.10 Å². The summed E-state index contributed by atoms with van der Waals surface area (Å²) in [6.07, 6.45) is 5.49. The van der Waals surface area contributed by atoms with Crippen LogP contribution >= 0.6 is 0 Å². The van der Waals surface area contributed by atoms with Crippen molar-refractivity contribution in [1.29, 1.82) is 0 Å². The lowest BCUT2D eigenvalue weighted by Gasteiger charge is -1.97. The second kappa shape index (κ2) is 3.14. The molecule has 0 saturated carbocycles. The van der Waals surface area contributed by atoms with Crippen molar-refractivity contribution < 1.29 is 4.79 Å². The van der Waals surface area contributed by atoms with E-state index in [0.717, 1.165) is 6.29 Å². The smallest absolute Gasteiger partial charge is 0.155 e. The molecule has 2 aromatic heterocycles. The summed E-state index contributed by atoms with van der Waals surface area (Å²) in [5, 5.41) is 7.40. The molecule has 5 nitrogen and oxygen atoms in total. The molecule has 0 aliphatic carbocycles. The van der Waals surface area contributed by atoms with Gasteiger partial charge in [0.2, 0.25) is 0 Å². The van der Waals surface area contributed by atoms with Crippen molar-refractivity contribution in [2.45, 2.75) is 0 Å². The van der Waals surface area contributed by atoms with Crippen LogP contribution < -0.4 is 0 Å². The molecule has 0 atom stereocenters. The summed E-state index contributed by atoms with van der Waals surface area (Å²) in [6.45, 7) is 0. The van der Waals surface area contributed by atoms with E-state index in [0.29, 0.717) is 11.4 Å². The second-order valence-corrected chi connectivity index (χ2v) is 2.42. The lowest BCUT2D eigenvalue weighted by atomic mass is 10.3. The first-order chi connectivity index (χ1) is 6.40. The van der Waals surface area contributed by atoms with Crippen molar-refractivity contribution in [2.24, 2.45) is 0 Å². The molecule has 64 valence electrons. The van der Waals surface area contributed by atoms with Crippen molar-refractivity contribution in [2.75, 3.05) is 0 Å². The van der Waals surface area contributed by atoms with Gasteiger partial charge >= 0.3 is 0 Å². The average Bonchev–Trinajstić information content (AvgIpc) is 2.71. The Morgan fingerprint density at radius 2 is 2.31 bits per heavy atom. The first-order valence-corrected chi connectivity index (χ1v) is 3.68.